The second-order valence-corrected chi connectivity index (χ2v) is 1.91. The fraction of sp³-hybridized carbons (Fsp3) is 0. The summed E-state index contributed by atoms with van der Waals surface area (Å²) in [6.45, 7) is 0. The van der Waals surface area contributed by atoms with Crippen molar-refractivity contribution in [2.45, 2.75) is 0 Å². The lowest BCUT2D eigenvalue weighted by molar-refractivity contribution is -0.731. The van der Waals surface area contributed by atoms with E-state index in [4.69, 9.17) is 0 Å². The summed E-state index contributed by atoms with van der Waals surface area (Å²) >= 11 is 0. The molecule has 1 aromatic carbocycles. The zero-order valence-corrected chi connectivity index (χ0v) is 6.06. The molecule has 60 valence electrons. The molecule has 0 saturated heterocycles. The molecular formula is C8H5NO3. The van der Waals surface area contributed by atoms with E-state index in [0.717, 1.165) is 0 Å². The molecule has 0 aliphatic heterocycles. The summed E-state index contributed by atoms with van der Waals surface area (Å²) in [6, 6.07) is 8.87. The summed E-state index contributed by atoms with van der Waals surface area (Å²) < 4.78 is 0. The Hall–Kier alpha value is -2.02. The van der Waals surface area contributed by atoms with Crippen LogP contribution in [0.2, 0.25) is 0 Å². The van der Waals surface area contributed by atoms with E-state index in [-0.39, 0.29) is 0 Å². The van der Waals surface area contributed by atoms with Crippen molar-refractivity contribution in [3.63, 3.8) is 0 Å². The molecule has 1 aromatic rings. The minimum Gasteiger partial charge on any atom is -0.223 e. The number of rotatable bonds is 1. The van der Waals surface area contributed by atoms with Gasteiger partial charge in [0.05, 0.1) is 0 Å². The number of hydrogen-bond acceptors (Lipinski definition) is 3. The van der Waals surface area contributed by atoms with Crippen LogP contribution >= 0.6 is 0 Å². The van der Waals surface area contributed by atoms with Crippen LogP contribution in [0.4, 0.5) is 0 Å². The van der Waals surface area contributed by atoms with Gasteiger partial charge in [0.15, 0.2) is 0 Å². The normalized spacial score (nSPS) is 8.00. The smallest absolute Gasteiger partial charge is 0.223 e. The Morgan fingerprint density at radius 2 is 2.00 bits per heavy atom. The molecule has 0 fully saturated rings. The Labute approximate surface area is 68.9 Å². The van der Waals surface area contributed by atoms with E-state index in [9.17, 15) is 10.1 Å². The van der Waals surface area contributed by atoms with Crippen LogP contribution in [0.3, 0.4) is 0 Å². The van der Waals surface area contributed by atoms with Gasteiger partial charge in [0.25, 0.3) is 0 Å². The molecule has 0 radical (unpaired) electrons. The summed E-state index contributed by atoms with van der Waals surface area (Å²) in [5, 5.41) is 8.72. The summed E-state index contributed by atoms with van der Waals surface area (Å²) in [5.74, 6) is 2.46. The van der Waals surface area contributed by atoms with Gasteiger partial charge in [-0.2, -0.15) is 0 Å². The largest absolute Gasteiger partial charge is 0.308 e. The lowest BCUT2D eigenvalue weighted by Crippen LogP contribution is -1.92. The molecule has 0 aromatic heterocycles. The van der Waals surface area contributed by atoms with Gasteiger partial charge in [-0.25, -0.2) is 4.84 Å². The van der Waals surface area contributed by atoms with Crippen LogP contribution in [-0.4, -0.2) is 5.09 Å². The molecule has 1 rings (SSSR count). The SMILES string of the molecule is O=[N+]([O-])OC#Cc1ccccc1. The number of hydrogen-bond donors (Lipinski definition) is 0. The molecule has 0 amide bonds. The highest BCUT2D eigenvalue weighted by atomic mass is 16.9. The maximum absolute atomic E-state index is 9.67. The number of nitrogens with zero attached hydrogens (tertiary/aromatic N) is 1. The standard InChI is InChI=1S/C8H5NO3/c10-9(11)12-7-6-8-4-2-1-3-5-8/h1-5H. The molecule has 0 heterocycles. The van der Waals surface area contributed by atoms with E-state index in [1.165, 1.54) is 0 Å². The van der Waals surface area contributed by atoms with Crippen LogP contribution in [0.15, 0.2) is 30.3 Å². The second kappa shape index (κ2) is 3.98. The molecule has 4 nitrogen and oxygen atoms in total. The van der Waals surface area contributed by atoms with Crippen molar-refractivity contribution in [2.75, 3.05) is 0 Å². The predicted octanol–water partition coefficient (Wildman–Crippen LogP) is 1.20. The average molecular weight is 163 g/mol. The van der Waals surface area contributed by atoms with Crippen molar-refractivity contribution in [2.24, 2.45) is 0 Å². The lowest BCUT2D eigenvalue weighted by atomic mass is 10.2. The van der Waals surface area contributed by atoms with Gasteiger partial charge in [0.2, 0.25) is 0 Å². The van der Waals surface area contributed by atoms with E-state index >= 15 is 0 Å². The zero-order valence-electron chi connectivity index (χ0n) is 6.06. The van der Waals surface area contributed by atoms with Crippen molar-refractivity contribution < 1.29 is 9.92 Å². The summed E-state index contributed by atoms with van der Waals surface area (Å²) in [4.78, 5) is 13.5. The molecule has 0 saturated carbocycles. The highest BCUT2D eigenvalue weighted by Crippen LogP contribution is 1.94. The van der Waals surface area contributed by atoms with Crippen molar-refractivity contribution in [3.05, 3.63) is 46.0 Å². The fourth-order valence-electron chi connectivity index (χ4n) is 0.641. The van der Waals surface area contributed by atoms with Crippen LogP contribution in [0.5, 0.6) is 0 Å². The third-order valence-electron chi connectivity index (χ3n) is 1.09. The predicted molar refractivity (Wildman–Crippen MR) is 41.4 cm³/mol. The van der Waals surface area contributed by atoms with Crippen molar-refractivity contribution >= 4 is 0 Å². The molecule has 0 atom stereocenters. The molecule has 0 unspecified atom stereocenters. The quantitative estimate of drug-likeness (QED) is 0.355. The van der Waals surface area contributed by atoms with Gasteiger partial charge < -0.3 is 0 Å². The van der Waals surface area contributed by atoms with Gasteiger partial charge in [0, 0.05) is 5.56 Å². The van der Waals surface area contributed by atoms with Gasteiger partial charge in [-0.05, 0) is 18.1 Å². The van der Waals surface area contributed by atoms with E-state index in [1.807, 2.05) is 12.2 Å². The Bertz CT molecular complexity index is 323. The van der Waals surface area contributed by atoms with Crippen LogP contribution in [0.25, 0.3) is 0 Å². The molecule has 0 spiro atoms. The van der Waals surface area contributed by atoms with Crippen LogP contribution in [-0.2, 0) is 4.84 Å². The first kappa shape index (κ1) is 8.08. The van der Waals surface area contributed by atoms with Gasteiger partial charge in [-0.3, -0.25) is 0 Å². The molecule has 0 aliphatic rings. The minimum atomic E-state index is -0.948. The van der Waals surface area contributed by atoms with E-state index in [2.05, 4.69) is 10.8 Å². The highest BCUT2D eigenvalue weighted by molar-refractivity contribution is 5.32. The van der Waals surface area contributed by atoms with E-state index in [0.29, 0.717) is 5.56 Å². The van der Waals surface area contributed by atoms with Crippen molar-refractivity contribution in [3.8, 4) is 12.0 Å². The van der Waals surface area contributed by atoms with E-state index < -0.39 is 5.09 Å². The Kier molecular flexibility index (Phi) is 2.68. The lowest BCUT2D eigenvalue weighted by Gasteiger charge is -1.85. The fourth-order valence-corrected chi connectivity index (χ4v) is 0.641. The Balaban J connectivity index is 2.61. The Morgan fingerprint density at radius 3 is 2.58 bits per heavy atom. The maximum atomic E-state index is 9.67. The first-order valence-corrected chi connectivity index (χ1v) is 3.16. The second-order valence-electron chi connectivity index (χ2n) is 1.91. The van der Waals surface area contributed by atoms with Crippen molar-refractivity contribution in [1.29, 1.82) is 0 Å². The molecule has 0 N–H and O–H groups in total. The highest BCUT2D eigenvalue weighted by Gasteiger charge is 1.86. The first-order chi connectivity index (χ1) is 5.79. The Morgan fingerprint density at radius 1 is 1.33 bits per heavy atom. The summed E-state index contributed by atoms with van der Waals surface area (Å²) in [6.07, 6.45) is 1.95. The van der Waals surface area contributed by atoms with E-state index in [1.54, 1.807) is 24.3 Å². The molecule has 4 heteroatoms. The molecule has 0 bridgehead atoms. The minimum absolute atomic E-state index is 0.680. The first-order valence-electron chi connectivity index (χ1n) is 3.16. The summed E-state index contributed by atoms with van der Waals surface area (Å²) in [5.41, 5.74) is 0.680. The van der Waals surface area contributed by atoms with Crippen LogP contribution in [0.1, 0.15) is 5.56 Å². The topological polar surface area (TPSA) is 52.4 Å². The molecule has 12 heavy (non-hydrogen) atoms. The van der Waals surface area contributed by atoms with Gasteiger partial charge in [0.1, 0.15) is 6.11 Å². The van der Waals surface area contributed by atoms with Crippen molar-refractivity contribution in [1.82, 2.24) is 0 Å². The third-order valence-corrected chi connectivity index (χ3v) is 1.09. The third kappa shape index (κ3) is 2.71. The average Bonchev–Trinajstić information content (AvgIpc) is 2.05. The number of benzene rings is 1. The summed E-state index contributed by atoms with van der Waals surface area (Å²) in [7, 11) is 0. The molecule has 0 aliphatic carbocycles. The van der Waals surface area contributed by atoms with Crippen LogP contribution in [0, 0.1) is 22.1 Å². The van der Waals surface area contributed by atoms with Crippen LogP contribution < -0.4 is 0 Å². The zero-order chi connectivity index (χ0) is 8.81. The van der Waals surface area contributed by atoms with Gasteiger partial charge >= 0.3 is 5.09 Å². The molecular weight excluding hydrogens is 158 g/mol. The van der Waals surface area contributed by atoms with Gasteiger partial charge in [-0.15, -0.1) is 10.1 Å². The monoisotopic (exact) mass is 163 g/mol. The van der Waals surface area contributed by atoms with Gasteiger partial charge in [-0.1, -0.05) is 18.2 Å². The maximum Gasteiger partial charge on any atom is 0.308 e.